The van der Waals surface area contributed by atoms with Crippen molar-refractivity contribution in [2.75, 3.05) is 31.6 Å². The number of hydrogen-bond donors (Lipinski definition) is 1. The zero-order chi connectivity index (χ0) is 29.3. The van der Waals surface area contributed by atoms with E-state index in [1.54, 1.807) is 12.0 Å². The van der Waals surface area contributed by atoms with Gasteiger partial charge >= 0.3 is 5.97 Å². The van der Waals surface area contributed by atoms with Crippen LogP contribution in [-0.2, 0) is 14.4 Å². The molecule has 1 N–H and O–H groups in total. The van der Waals surface area contributed by atoms with Crippen LogP contribution < -0.4 is 9.64 Å². The first kappa shape index (κ1) is 29.0. The molecule has 1 saturated heterocycles. The smallest absolute Gasteiger partial charge is 0.306 e. The molecule has 2 amide bonds. The van der Waals surface area contributed by atoms with Crippen molar-refractivity contribution < 1.29 is 24.2 Å². The van der Waals surface area contributed by atoms with Crippen molar-refractivity contribution in [1.29, 1.82) is 0 Å². The highest BCUT2D eigenvalue weighted by Crippen LogP contribution is 2.50. The summed E-state index contributed by atoms with van der Waals surface area (Å²) < 4.78 is 5.64. The Morgan fingerprint density at radius 3 is 2.39 bits per heavy atom. The maximum atomic E-state index is 14.4. The molecular formula is C33H38N2O5S. The Labute approximate surface area is 245 Å². The number of carbonyl (C=O) groups is 3. The van der Waals surface area contributed by atoms with E-state index in [-0.39, 0.29) is 28.9 Å². The van der Waals surface area contributed by atoms with Gasteiger partial charge in [0.1, 0.15) is 5.75 Å². The van der Waals surface area contributed by atoms with Gasteiger partial charge in [0.2, 0.25) is 11.8 Å². The van der Waals surface area contributed by atoms with E-state index in [4.69, 9.17) is 4.74 Å². The summed E-state index contributed by atoms with van der Waals surface area (Å²) in [5.41, 5.74) is 2.74. The van der Waals surface area contributed by atoms with E-state index >= 15 is 0 Å². The van der Waals surface area contributed by atoms with Crippen molar-refractivity contribution >= 4 is 46.0 Å². The van der Waals surface area contributed by atoms with Gasteiger partial charge in [-0.1, -0.05) is 63.2 Å². The Kier molecular flexibility index (Phi) is 8.32. The summed E-state index contributed by atoms with van der Waals surface area (Å²) >= 11 is 1.53. The molecule has 3 aromatic rings. The Bertz CT molecular complexity index is 1450. The van der Waals surface area contributed by atoms with Crippen LogP contribution in [0.2, 0.25) is 0 Å². The molecule has 2 aliphatic rings. The molecule has 0 spiro atoms. The van der Waals surface area contributed by atoms with Crippen LogP contribution in [0, 0.1) is 11.3 Å². The number of fused-ring (bicyclic) bond motifs is 2. The van der Waals surface area contributed by atoms with E-state index in [0.29, 0.717) is 38.2 Å². The Balaban J connectivity index is 1.58. The molecule has 8 heteroatoms. The van der Waals surface area contributed by atoms with Crippen LogP contribution in [0.5, 0.6) is 5.75 Å². The third-order valence-corrected chi connectivity index (χ3v) is 9.42. The van der Waals surface area contributed by atoms with Crippen molar-refractivity contribution in [2.45, 2.75) is 50.5 Å². The number of amides is 2. The van der Waals surface area contributed by atoms with Gasteiger partial charge in [0.15, 0.2) is 0 Å². The predicted molar refractivity (Wildman–Crippen MR) is 164 cm³/mol. The van der Waals surface area contributed by atoms with Crippen molar-refractivity contribution in [3.05, 3.63) is 71.8 Å². The molecule has 2 heterocycles. The molecule has 7 nitrogen and oxygen atoms in total. The number of likely N-dealkylation sites (tertiary alicyclic amines) is 1. The molecule has 0 bridgehead atoms. The zero-order valence-corrected chi connectivity index (χ0v) is 24.9. The first-order chi connectivity index (χ1) is 19.6. The highest BCUT2D eigenvalue weighted by molar-refractivity contribution is 8.01. The number of ether oxygens (including phenoxy) is 1. The monoisotopic (exact) mass is 574 g/mol. The van der Waals surface area contributed by atoms with Gasteiger partial charge in [-0.25, -0.2) is 0 Å². The van der Waals surface area contributed by atoms with Crippen LogP contribution in [0.25, 0.3) is 10.8 Å². The molecule has 0 saturated carbocycles. The molecule has 216 valence electrons. The van der Waals surface area contributed by atoms with E-state index < -0.39 is 17.1 Å². The zero-order valence-electron chi connectivity index (χ0n) is 24.1. The van der Waals surface area contributed by atoms with Crippen molar-refractivity contribution in [3.63, 3.8) is 0 Å². The van der Waals surface area contributed by atoms with Gasteiger partial charge in [0.25, 0.3) is 0 Å². The average molecular weight is 575 g/mol. The fourth-order valence-electron chi connectivity index (χ4n) is 5.86. The average Bonchev–Trinajstić information content (AvgIpc) is 3.06. The number of benzene rings is 3. The van der Waals surface area contributed by atoms with Crippen LogP contribution in [0.4, 0.5) is 5.69 Å². The number of carbonyl (C=O) groups excluding carboxylic acids is 2. The predicted octanol–water partition coefficient (Wildman–Crippen LogP) is 6.15. The van der Waals surface area contributed by atoms with E-state index in [9.17, 15) is 19.5 Å². The first-order valence-corrected chi connectivity index (χ1v) is 15.1. The second-order valence-corrected chi connectivity index (χ2v) is 13.5. The summed E-state index contributed by atoms with van der Waals surface area (Å²) in [6, 6.07) is 20.4. The fraction of sp³-hybridized carbons (Fsp3) is 0.424. The number of rotatable bonds is 6. The fourth-order valence-corrected chi connectivity index (χ4v) is 7.36. The quantitative estimate of drug-likeness (QED) is 0.380. The van der Waals surface area contributed by atoms with Crippen LogP contribution in [0.3, 0.4) is 0 Å². The summed E-state index contributed by atoms with van der Waals surface area (Å²) in [4.78, 5) is 43.0. The topological polar surface area (TPSA) is 87.1 Å². The van der Waals surface area contributed by atoms with Crippen molar-refractivity contribution in [1.82, 2.24) is 4.90 Å². The number of carboxylic acid groups (broad SMARTS) is 1. The minimum atomic E-state index is -0.810. The van der Waals surface area contributed by atoms with E-state index in [1.807, 2.05) is 41.3 Å². The molecule has 0 aromatic heterocycles. The summed E-state index contributed by atoms with van der Waals surface area (Å²) in [5.74, 6) is -0.692. The lowest BCUT2D eigenvalue weighted by molar-refractivity contribution is -0.145. The highest BCUT2D eigenvalue weighted by atomic mass is 32.2. The van der Waals surface area contributed by atoms with Crippen LogP contribution in [0.1, 0.15) is 56.4 Å². The third kappa shape index (κ3) is 6.22. The number of methoxy groups -OCH3 is 1. The van der Waals surface area contributed by atoms with Gasteiger partial charge in [0, 0.05) is 31.7 Å². The van der Waals surface area contributed by atoms with Gasteiger partial charge in [-0.05, 0) is 58.4 Å². The van der Waals surface area contributed by atoms with Crippen LogP contribution >= 0.6 is 11.8 Å². The van der Waals surface area contributed by atoms with E-state index in [1.165, 1.54) is 11.8 Å². The molecule has 2 atom stereocenters. The molecule has 5 rings (SSSR count). The number of carboxylic acids is 1. The number of hydrogen-bond acceptors (Lipinski definition) is 5. The van der Waals surface area contributed by atoms with Crippen molar-refractivity contribution in [3.8, 4) is 5.75 Å². The largest absolute Gasteiger partial charge is 0.497 e. The first-order valence-electron chi connectivity index (χ1n) is 14.2. The van der Waals surface area contributed by atoms with Gasteiger partial charge in [-0.15, -0.1) is 11.8 Å². The summed E-state index contributed by atoms with van der Waals surface area (Å²) in [7, 11) is 1.64. The number of thioether (sulfide) groups is 1. The molecule has 2 aliphatic heterocycles. The third-order valence-electron chi connectivity index (χ3n) is 7.94. The van der Waals surface area contributed by atoms with Gasteiger partial charge in [-0.3, -0.25) is 14.4 Å². The lowest BCUT2D eigenvalue weighted by Gasteiger charge is -2.33. The summed E-state index contributed by atoms with van der Waals surface area (Å²) in [6.45, 7) is 7.63. The molecule has 2 unspecified atom stereocenters. The number of piperidine rings is 1. The van der Waals surface area contributed by atoms with E-state index in [2.05, 4.69) is 45.0 Å². The van der Waals surface area contributed by atoms with Gasteiger partial charge < -0.3 is 19.6 Å². The molecule has 3 aromatic carbocycles. The van der Waals surface area contributed by atoms with Crippen LogP contribution in [0.15, 0.2) is 60.7 Å². The summed E-state index contributed by atoms with van der Waals surface area (Å²) in [6.07, 6.45) is 0.938. The normalized spacial score (nSPS) is 20.0. The number of nitrogens with zero attached hydrogens (tertiary/aromatic N) is 2. The Morgan fingerprint density at radius 1 is 1.00 bits per heavy atom. The second-order valence-electron chi connectivity index (χ2n) is 12.2. The number of anilines is 1. The molecule has 41 heavy (non-hydrogen) atoms. The lowest BCUT2D eigenvalue weighted by atomic mass is 9.93. The minimum absolute atomic E-state index is 0.0638. The molecule has 1 fully saturated rings. The number of aliphatic carboxylic acids is 1. The summed E-state index contributed by atoms with van der Waals surface area (Å²) in [5, 5.41) is 10.8. The van der Waals surface area contributed by atoms with Crippen LogP contribution in [-0.4, -0.2) is 59.8 Å². The van der Waals surface area contributed by atoms with Gasteiger partial charge in [0.05, 0.1) is 23.5 Å². The van der Waals surface area contributed by atoms with E-state index in [0.717, 1.165) is 27.6 Å². The maximum absolute atomic E-state index is 14.4. The Morgan fingerprint density at radius 2 is 1.71 bits per heavy atom. The standard InChI is InChI=1S/C33H38N2O5S/c1-33(2,3)20-35-27-13-12-23(40-4)18-26(27)30(25-11-7-9-21-8-5-6-10-24(21)25)41-28(31(35)37)19-29(36)34-16-14-22(15-17-34)32(38)39/h5-13,18,22,28,30H,14-17,19-20H2,1-4H3,(H,38,39). The SMILES string of the molecule is COc1ccc2c(c1)C(c1cccc3ccccc13)SC(CC(=O)N1CCC(C(=O)O)CC1)C(=O)N2CC(C)(C)C. The maximum Gasteiger partial charge on any atom is 0.306 e. The van der Waals surface area contributed by atoms with Gasteiger partial charge in [-0.2, -0.15) is 0 Å². The highest BCUT2D eigenvalue weighted by Gasteiger charge is 2.40. The molecule has 0 radical (unpaired) electrons. The molecular weight excluding hydrogens is 536 g/mol. The lowest BCUT2D eigenvalue weighted by Crippen LogP contribution is -2.45. The Hall–Kier alpha value is -3.52. The minimum Gasteiger partial charge on any atom is -0.497 e. The second kappa shape index (κ2) is 11.8. The van der Waals surface area contributed by atoms with Crippen molar-refractivity contribution in [2.24, 2.45) is 11.3 Å². The molecule has 0 aliphatic carbocycles.